The molecule has 2 aromatic rings. The lowest BCUT2D eigenvalue weighted by Crippen LogP contribution is -2.06. The molecule has 0 radical (unpaired) electrons. The summed E-state index contributed by atoms with van der Waals surface area (Å²) in [5.41, 5.74) is 5.02. The molecule has 0 amide bonds. The highest BCUT2D eigenvalue weighted by Gasteiger charge is 2.28. The Morgan fingerprint density at radius 3 is 3.00 bits per heavy atom. The lowest BCUT2D eigenvalue weighted by molar-refractivity contribution is 0.816. The fraction of sp³-hybridized carbons (Fsp3) is 0.462. The van der Waals surface area contributed by atoms with Crippen LogP contribution in [-0.4, -0.2) is 16.4 Å². The highest BCUT2D eigenvalue weighted by Crippen LogP contribution is 2.41. The molecular weight excluding hydrogens is 198 g/mol. The Kier molecular flexibility index (Phi) is 2.21. The van der Waals surface area contributed by atoms with E-state index in [-0.39, 0.29) is 0 Å². The number of imidazole rings is 1. The van der Waals surface area contributed by atoms with Crippen molar-refractivity contribution in [3.63, 3.8) is 0 Å². The standard InChI is InChI=1S/C13H17N3/c1-9-12(10-5-6-10)15-13-11(8-14-2)4-3-7-16(9)13/h3-4,7,10,14H,5-6,8H2,1-2H3. The summed E-state index contributed by atoms with van der Waals surface area (Å²) < 4.78 is 2.22. The van der Waals surface area contributed by atoms with Gasteiger partial charge < -0.3 is 9.72 Å². The van der Waals surface area contributed by atoms with Crippen LogP contribution in [-0.2, 0) is 6.54 Å². The molecule has 1 aliphatic rings. The number of hydrogen-bond acceptors (Lipinski definition) is 2. The minimum absolute atomic E-state index is 0.724. The first-order chi connectivity index (χ1) is 7.81. The van der Waals surface area contributed by atoms with Gasteiger partial charge in [0.2, 0.25) is 0 Å². The summed E-state index contributed by atoms with van der Waals surface area (Å²) in [4.78, 5) is 4.82. The van der Waals surface area contributed by atoms with E-state index >= 15 is 0 Å². The third-order valence-corrected chi connectivity index (χ3v) is 3.34. The minimum atomic E-state index is 0.724. The molecule has 0 bridgehead atoms. The molecule has 2 heterocycles. The van der Waals surface area contributed by atoms with E-state index in [2.05, 4.69) is 35.0 Å². The molecule has 3 heteroatoms. The molecule has 0 saturated heterocycles. The normalized spacial score (nSPS) is 15.9. The van der Waals surface area contributed by atoms with E-state index in [9.17, 15) is 0 Å². The maximum absolute atomic E-state index is 4.82. The smallest absolute Gasteiger partial charge is 0.141 e. The van der Waals surface area contributed by atoms with Crippen LogP contribution in [0.5, 0.6) is 0 Å². The third-order valence-electron chi connectivity index (χ3n) is 3.34. The Bertz CT molecular complexity index is 523. The average Bonchev–Trinajstić information content (AvgIpc) is 3.06. The van der Waals surface area contributed by atoms with E-state index in [4.69, 9.17) is 4.98 Å². The Morgan fingerprint density at radius 1 is 1.50 bits per heavy atom. The van der Waals surface area contributed by atoms with Gasteiger partial charge in [-0.1, -0.05) is 6.07 Å². The summed E-state index contributed by atoms with van der Waals surface area (Å²) in [6.07, 6.45) is 4.74. The molecule has 1 aliphatic carbocycles. The van der Waals surface area contributed by atoms with Crippen LogP contribution in [0.1, 0.15) is 35.7 Å². The van der Waals surface area contributed by atoms with E-state index < -0.39 is 0 Å². The maximum Gasteiger partial charge on any atom is 0.141 e. The summed E-state index contributed by atoms with van der Waals surface area (Å²) in [6.45, 7) is 3.06. The number of rotatable bonds is 3. The molecule has 0 aliphatic heterocycles. The van der Waals surface area contributed by atoms with Gasteiger partial charge in [-0.3, -0.25) is 0 Å². The molecule has 1 N–H and O–H groups in total. The van der Waals surface area contributed by atoms with E-state index in [1.165, 1.54) is 29.8 Å². The summed E-state index contributed by atoms with van der Waals surface area (Å²) in [5, 5.41) is 3.20. The highest BCUT2D eigenvalue weighted by atomic mass is 15.0. The van der Waals surface area contributed by atoms with E-state index in [0.29, 0.717) is 0 Å². The first kappa shape index (κ1) is 9.85. The number of nitrogens with zero attached hydrogens (tertiary/aromatic N) is 2. The zero-order valence-corrected chi connectivity index (χ0v) is 9.83. The fourth-order valence-electron chi connectivity index (χ4n) is 2.33. The molecule has 84 valence electrons. The number of aromatic nitrogens is 2. The fourth-order valence-corrected chi connectivity index (χ4v) is 2.33. The summed E-state index contributed by atoms with van der Waals surface area (Å²) >= 11 is 0. The van der Waals surface area contributed by atoms with Crippen molar-refractivity contribution in [2.45, 2.75) is 32.2 Å². The van der Waals surface area contributed by atoms with Gasteiger partial charge in [0.25, 0.3) is 0 Å². The number of hydrogen-bond donors (Lipinski definition) is 1. The van der Waals surface area contributed by atoms with Crippen LogP contribution in [0.2, 0.25) is 0 Å². The van der Waals surface area contributed by atoms with Crippen LogP contribution < -0.4 is 5.32 Å². The van der Waals surface area contributed by atoms with Crippen molar-refractivity contribution in [3.05, 3.63) is 35.3 Å². The Balaban J connectivity index is 2.19. The average molecular weight is 215 g/mol. The molecule has 3 rings (SSSR count). The van der Waals surface area contributed by atoms with Crippen LogP contribution in [0.25, 0.3) is 5.65 Å². The SMILES string of the molecule is CNCc1cccn2c(C)c(C3CC3)nc12. The predicted molar refractivity (Wildman–Crippen MR) is 64.7 cm³/mol. The van der Waals surface area contributed by atoms with Crippen LogP contribution in [0.3, 0.4) is 0 Å². The quantitative estimate of drug-likeness (QED) is 0.850. The maximum atomic E-state index is 4.82. The molecule has 1 fully saturated rings. The molecule has 0 spiro atoms. The first-order valence-corrected chi connectivity index (χ1v) is 5.92. The predicted octanol–water partition coefficient (Wildman–Crippen LogP) is 2.24. The summed E-state index contributed by atoms with van der Waals surface area (Å²) in [7, 11) is 1.97. The van der Waals surface area contributed by atoms with Crippen molar-refractivity contribution in [3.8, 4) is 0 Å². The Labute approximate surface area is 95.5 Å². The summed E-state index contributed by atoms with van der Waals surface area (Å²) in [6, 6.07) is 4.25. The summed E-state index contributed by atoms with van der Waals surface area (Å²) in [5.74, 6) is 0.724. The van der Waals surface area contributed by atoms with E-state index in [1.807, 2.05) is 7.05 Å². The zero-order valence-electron chi connectivity index (χ0n) is 9.83. The van der Waals surface area contributed by atoms with Crippen molar-refractivity contribution < 1.29 is 0 Å². The van der Waals surface area contributed by atoms with Crippen molar-refractivity contribution in [1.29, 1.82) is 0 Å². The molecule has 3 nitrogen and oxygen atoms in total. The van der Waals surface area contributed by atoms with Crippen LogP contribution in [0.4, 0.5) is 0 Å². The topological polar surface area (TPSA) is 29.3 Å². The number of nitrogens with one attached hydrogen (secondary N) is 1. The number of pyridine rings is 1. The largest absolute Gasteiger partial charge is 0.316 e. The van der Waals surface area contributed by atoms with Crippen molar-refractivity contribution in [2.75, 3.05) is 7.05 Å². The monoisotopic (exact) mass is 215 g/mol. The highest BCUT2D eigenvalue weighted by molar-refractivity contribution is 5.51. The van der Waals surface area contributed by atoms with Gasteiger partial charge in [-0.05, 0) is 32.9 Å². The molecule has 0 atom stereocenters. The second-order valence-corrected chi connectivity index (χ2v) is 4.61. The van der Waals surface area contributed by atoms with Gasteiger partial charge in [-0.15, -0.1) is 0 Å². The van der Waals surface area contributed by atoms with Crippen molar-refractivity contribution in [1.82, 2.24) is 14.7 Å². The Hall–Kier alpha value is -1.35. The lowest BCUT2D eigenvalue weighted by atomic mass is 10.2. The van der Waals surface area contributed by atoms with Crippen LogP contribution in [0.15, 0.2) is 18.3 Å². The van der Waals surface area contributed by atoms with Gasteiger partial charge in [0.1, 0.15) is 5.65 Å². The van der Waals surface area contributed by atoms with Gasteiger partial charge in [0.05, 0.1) is 5.69 Å². The third kappa shape index (κ3) is 1.43. The lowest BCUT2D eigenvalue weighted by Gasteiger charge is -2.02. The van der Waals surface area contributed by atoms with Crippen LogP contribution >= 0.6 is 0 Å². The minimum Gasteiger partial charge on any atom is -0.316 e. The molecule has 1 saturated carbocycles. The molecule has 0 aromatic carbocycles. The van der Waals surface area contributed by atoms with E-state index in [1.54, 1.807) is 0 Å². The van der Waals surface area contributed by atoms with Crippen LogP contribution in [0, 0.1) is 6.92 Å². The molecule has 2 aromatic heterocycles. The van der Waals surface area contributed by atoms with Gasteiger partial charge in [-0.2, -0.15) is 0 Å². The number of aryl methyl sites for hydroxylation is 1. The molecular formula is C13H17N3. The Morgan fingerprint density at radius 2 is 2.31 bits per heavy atom. The van der Waals surface area contributed by atoms with Gasteiger partial charge in [0, 0.05) is 29.9 Å². The van der Waals surface area contributed by atoms with E-state index in [0.717, 1.165) is 18.1 Å². The first-order valence-electron chi connectivity index (χ1n) is 5.92. The van der Waals surface area contributed by atoms with Gasteiger partial charge in [0.15, 0.2) is 0 Å². The number of fused-ring (bicyclic) bond motifs is 1. The second-order valence-electron chi connectivity index (χ2n) is 4.61. The van der Waals surface area contributed by atoms with Gasteiger partial charge in [-0.25, -0.2) is 4.98 Å². The van der Waals surface area contributed by atoms with Gasteiger partial charge >= 0.3 is 0 Å². The van der Waals surface area contributed by atoms with Crippen molar-refractivity contribution >= 4 is 5.65 Å². The zero-order chi connectivity index (χ0) is 11.1. The second kappa shape index (κ2) is 3.59. The molecule has 0 unspecified atom stereocenters. The molecule has 16 heavy (non-hydrogen) atoms. The van der Waals surface area contributed by atoms with Crippen molar-refractivity contribution in [2.24, 2.45) is 0 Å².